The first-order valence-corrected chi connectivity index (χ1v) is 11.8. The van der Waals surface area contributed by atoms with E-state index >= 15 is 0 Å². The molecule has 0 saturated carbocycles. The number of rotatable bonds is 7. The van der Waals surface area contributed by atoms with Crippen LogP contribution in [0.5, 0.6) is 11.5 Å². The number of methoxy groups -OCH3 is 2. The van der Waals surface area contributed by atoms with Gasteiger partial charge in [0.25, 0.3) is 0 Å². The third kappa shape index (κ3) is 4.65. The Kier molecular flexibility index (Phi) is 6.90. The van der Waals surface area contributed by atoms with Crippen LogP contribution in [0, 0.1) is 0 Å². The van der Waals surface area contributed by atoms with Gasteiger partial charge in [-0.1, -0.05) is 12.1 Å². The number of ether oxygens (including phenoxy) is 3. The summed E-state index contributed by atoms with van der Waals surface area (Å²) in [5.74, 6) is 2.20. The number of benzene rings is 1. The number of anilines is 4. The fraction of sp³-hybridized carbons (Fsp3) is 0.259. The Morgan fingerprint density at radius 1 is 0.917 bits per heavy atom. The summed E-state index contributed by atoms with van der Waals surface area (Å²) in [6, 6.07) is 15.7. The lowest BCUT2D eigenvalue weighted by molar-refractivity contribution is 0.0848. The zero-order valence-electron chi connectivity index (χ0n) is 20.3. The minimum atomic E-state index is 0.238. The number of nitrogens with zero attached hydrogens (tertiary/aromatic N) is 5. The SMILES string of the molecule is COc1cc(N(c2ncc(OC)c(N)n2)c2cccnc2-c2ccccn2)ccc1C1CCOCC1. The average Bonchev–Trinajstić information content (AvgIpc) is 2.94. The number of nitrogens with two attached hydrogens (primary N) is 1. The maximum absolute atomic E-state index is 6.19. The van der Waals surface area contributed by atoms with Crippen LogP contribution in [0.1, 0.15) is 24.3 Å². The summed E-state index contributed by atoms with van der Waals surface area (Å²) < 4.78 is 16.7. The monoisotopic (exact) mass is 484 g/mol. The highest BCUT2D eigenvalue weighted by Crippen LogP contribution is 2.42. The van der Waals surface area contributed by atoms with Gasteiger partial charge < -0.3 is 19.9 Å². The molecular formula is C27H28N6O3. The largest absolute Gasteiger partial charge is 0.496 e. The van der Waals surface area contributed by atoms with Crippen LogP contribution in [-0.2, 0) is 4.74 Å². The van der Waals surface area contributed by atoms with Gasteiger partial charge in [0.15, 0.2) is 11.6 Å². The number of hydrogen-bond acceptors (Lipinski definition) is 9. The van der Waals surface area contributed by atoms with Crippen molar-refractivity contribution in [2.75, 3.05) is 38.1 Å². The third-order valence-corrected chi connectivity index (χ3v) is 6.26. The Hall–Kier alpha value is -4.24. The van der Waals surface area contributed by atoms with E-state index in [4.69, 9.17) is 19.9 Å². The van der Waals surface area contributed by atoms with Crippen LogP contribution in [-0.4, -0.2) is 47.4 Å². The van der Waals surface area contributed by atoms with Gasteiger partial charge >= 0.3 is 0 Å². The number of nitrogen functional groups attached to an aromatic ring is 1. The lowest BCUT2D eigenvalue weighted by Gasteiger charge is -2.28. The smallest absolute Gasteiger partial charge is 0.236 e. The molecule has 1 aliphatic rings. The fourth-order valence-electron chi connectivity index (χ4n) is 4.46. The summed E-state index contributed by atoms with van der Waals surface area (Å²) in [5.41, 5.74) is 10.3. The molecule has 1 fully saturated rings. The Bertz CT molecular complexity index is 1330. The third-order valence-electron chi connectivity index (χ3n) is 6.26. The van der Waals surface area contributed by atoms with Crippen molar-refractivity contribution in [3.8, 4) is 22.9 Å². The van der Waals surface area contributed by atoms with Gasteiger partial charge in [-0.05, 0) is 54.7 Å². The quantitative estimate of drug-likeness (QED) is 0.392. The van der Waals surface area contributed by atoms with Gasteiger partial charge in [0.2, 0.25) is 5.95 Å². The van der Waals surface area contributed by atoms with Crippen LogP contribution < -0.4 is 20.1 Å². The fourth-order valence-corrected chi connectivity index (χ4v) is 4.46. The Morgan fingerprint density at radius 3 is 2.44 bits per heavy atom. The minimum absolute atomic E-state index is 0.238. The molecule has 5 rings (SSSR count). The molecule has 36 heavy (non-hydrogen) atoms. The van der Waals surface area contributed by atoms with Crippen molar-refractivity contribution in [1.29, 1.82) is 0 Å². The molecule has 0 spiro atoms. The predicted molar refractivity (Wildman–Crippen MR) is 138 cm³/mol. The van der Waals surface area contributed by atoms with Gasteiger partial charge in [0.05, 0.1) is 37.5 Å². The molecule has 1 saturated heterocycles. The van der Waals surface area contributed by atoms with Gasteiger partial charge in [-0.15, -0.1) is 0 Å². The number of pyridine rings is 2. The van der Waals surface area contributed by atoms with E-state index < -0.39 is 0 Å². The van der Waals surface area contributed by atoms with Crippen LogP contribution >= 0.6 is 0 Å². The molecule has 0 amide bonds. The molecule has 9 nitrogen and oxygen atoms in total. The van der Waals surface area contributed by atoms with Crippen molar-refractivity contribution in [1.82, 2.24) is 19.9 Å². The van der Waals surface area contributed by atoms with Crippen LogP contribution in [0.3, 0.4) is 0 Å². The summed E-state index contributed by atoms with van der Waals surface area (Å²) in [5, 5.41) is 0. The van der Waals surface area contributed by atoms with E-state index in [-0.39, 0.29) is 5.82 Å². The van der Waals surface area contributed by atoms with E-state index in [2.05, 4.69) is 26.0 Å². The molecule has 2 N–H and O–H groups in total. The molecule has 0 atom stereocenters. The maximum Gasteiger partial charge on any atom is 0.236 e. The molecule has 3 aromatic heterocycles. The van der Waals surface area contributed by atoms with Crippen molar-refractivity contribution < 1.29 is 14.2 Å². The van der Waals surface area contributed by atoms with Crippen molar-refractivity contribution in [3.63, 3.8) is 0 Å². The summed E-state index contributed by atoms with van der Waals surface area (Å²) in [4.78, 5) is 20.2. The van der Waals surface area contributed by atoms with E-state index in [0.29, 0.717) is 23.3 Å². The number of hydrogen-bond donors (Lipinski definition) is 1. The second kappa shape index (κ2) is 10.6. The van der Waals surface area contributed by atoms with Gasteiger partial charge in [-0.3, -0.25) is 14.9 Å². The molecule has 184 valence electrons. The number of aromatic nitrogens is 4. The molecule has 1 aromatic carbocycles. The lowest BCUT2D eigenvalue weighted by atomic mass is 9.90. The molecule has 0 aliphatic carbocycles. The summed E-state index contributed by atoms with van der Waals surface area (Å²) in [7, 11) is 3.23. The van der Waals surface area contributed by atoms with Crippen molar-refractivity contribution in [2.24, 2.45) is 0 Å². The first-order valence-electron chi connectivity index (χ1n) is 11.8. The van der Waals surface area contributed by atoms with Crippen molar-refractivity contribution in [2.45, 2.75) is 18.8 Å². The maximum atomic E-state index is 6.19. The molecule has 0 radical (unpaired) electrons. The van der Waals surface area contributed by atoms with E-state index in [1.165, 1.54) is 7.11 Å². The van der Waals surface area contributed by atoms with E-state index in [0.717, 1.165) is 54.4 Å². The van der Waals surface area contributed by atoms with E-state index in [1.807, 2.05) is 47.4 Å². The normalized spacial score (nSPS) is 13.8. The van der Waals surface area contributed by atoms with E-state index in [1.54, 1.807) is 25.7 Å². The van der Waals surface area contributed by atoms with E-state index in [9.17, 15) is 0 Å². The Balaban J connectivity index is 1.67. The standard InChI is InChI=1S/C27H28N6O3/c1-34-23-16-19(8-9-20(23)18-10-14-36-15-11-18)33(27-31-17-24(35-2)26(28)32-27)22-7-5-13-30-25(22)21-6-3-4-12-29-21/h3-9,12-13,16-18H,10-11,14-15H2,1-2H3,(H2,28,31,32). The van der Waals surface area contributed by atoms with Crippen LogP contribution in [0.15, 0.2) is 67.1 Å². The summed E-state index contributed by atoms with van der Waals surface area (Å²) in [6.07, 6.45) is 6.97. The Labute approximate surface area is 209 Å². The van der Waals surface area contributed by atoms with Gasteiger partial charge in [-0.25, -0.2) is 4.98 Å². The topological polar surface area (TPSA) is 109 Å². The predicted octanol–water partition coefficient (Wildman–Crippen LogP) is 4.90. The van der Waals surface area contributed by atoms with Crippen molar-refractivity contribution >= 4 is 23.1 Å². The highest BCUT2D eigenvalue weighted by Gasteiger charge is 2.25. The lowest BCUT2D eigenvalue weighted by Crippen LogP contribution is -2.17. The molecular weight excluding hydrogens is 456 g/mol. The molecule has 4 aromatic rings. The zero-order chi connectivity index (χ0) is 24.9. The minimum Gasteiger partial charge on any atom is -0.496 e. The molecule has 0 unspecified atom stereocenters. The van der Waals surface area contributed by atoms with Gasteiger partial charge in [-0.2, -0.15) is 4.98 Å². The zero-order valence-corrected chi connectivity index (χ0v) is 20.3. The highest BCUT2D eigenvalue weighted by atomic mass is 16.5. The molecule has 9 heteroatoms. The molecule has 4 heterocycles. The summed E-state index contributed by atoms with van der Waals surface area (Å²) >= 11 is 0. The Morgan fingerprint density at radius 2 is 1.72 bits per heavy atom. The van der Waals surface area contributed by atoms with Crippen molar-refractivity contribution in [3.05, 3.63) is 72.7 Å². The first-order chi connectivity index (χ1) is 17.7. The summed E-state index contributed by atoms with van der Waals surface area (Å²) in [6.45, 7) is 1.51. The van der Waals surface area contributed by atoms with Crippen LogP contribution in [0.25, 0.3) is 11.4 Å². The highest BCUT2D eigenvalue weighted by molar-refractivity contribution is 5.83. The average molecular weight is 485 g/mol. The second-order valence-corrected chi connectivity index (χ2v) is 8.36. The van der Waals surface area contributed by atoms with Crippen LogP contribution in [0.4, 0.5) is 23.1 Å². The first kappa shape index (κ1) is 23.5. The van der Waals surface area contributed by atoms with Gasteiger partial charge in [0, 0.05) is 31.7 Å². The van der Waals surface area contributed by atoms with Gasteiger partial charge in [0.1, 0.15) is 11.4 Å². The molecule has 1 aliphatic heterocycles. The molecule has 0 bridgehead atoms. The second-order valence-electron chi connectivity index (χ2n) is 8.36. The van der Waals surface area contributed by atoms with Crippen LogP contribution in [0.2, 0.25) is 0 Å².